The Labute approximate surface area is 102 Å². The second kappa shape index (κ2) is 10.9. The predicted octanol–water partition coefficient (Wildman–Crippen LogP) is 1.85. The van der Waals surface area contributed by atoms with E-state index in [1.54, 1.807) is 0 Å². The van der Waals surface area contributed by atoms with Crippen LogP contribution in [0, 0.1) is 0 Å². The van der Waals surface area contributed by atoms with Crippen molar-refractivity contribution < 1.29 is 14.3 Å². The summed E-state index contributed by atoms with van der Waals surface area (Å²) in [5.41, 5.74) is 0. The molecule has 0 aliphatic rings. The summed E-state index contributed by atoms with van der Waals surface area (Å²) in [5.74, 6) is -0.137. The Morgan fingerprint density at radius 1 is 1.19 bits per heavy atom. The number of hydrogen-bond donors (Lipinski definition) is 1. The number of carbonyl (C=O) groups excluding carboxylic acids is 2. The van der Waals surface area contributed by atoms with Crippen molar-refractivity contribution in [3.8, 4) is 0 Å². The van der Waals surface area contributed by atoms with Gasteiger partial charge in [-0.05, 0) is 24.4 Å². The first-order valence-corrected chi connectivity index (χ1v) is 6.07. The third kappa shape index (κ3) is 11.5. The van der Waals surface area contributed by atoms with E-state index in [4.69, 9.17) is 16.3 Å². The summed E-state index contributed by atoms with van der Waals surface area (Å²) in [5, 5.41) is 2.23. The van der Waals surface area contributed by atoms with Crippen LogP contribution in [-0.2, 0) is 14.3 Å². The van der Waals surface area contributed by atoms with E-state index in [9.17, 15) is 9.59 Å². The summed E-state index contributed by atoms with van der Waals surface area (Å²) in [6.07, 6.45) is 3.26. The lowest BCUT2D eigenvalue weighted by Gasteiger charge is -2.05. The summed E-state index contributed by atoms with van der Waals surface area (Å²) in [7, 11) is 0. The summed E-state index contributed by atoms with van der Waals surface area (Å²) >= 11 is 5.12. The average Bonchev–Trinajstić information content (AvgIpc) is 2.25. The number of hydrogen-bond acceptors (Lipinski definition) is 3. The van der Waals surface area contributed by atoms with Gasteiger partial charge in [-0.25, -0.2) is 0 Å². The van der Waals surface area contributed by atoms with E-state index in [1.165, 1.54) is 0 Å². The lowest BCUT2D eigenvalue weighted by molar-refractivity contribution is -0.123. The van der Waals surface area contributed by atoms with Crippen LogP contribution in [0.5, 0.6) is 0 Å². The first-order valence-electron chi connectivity index (χ1n) is 5.69. The van der Waals surface area contributed by atoms with Crippen LogP contribution in [0.2, 0.25) is 0 Å². The highest BCUT2D eigenvalue weighted by atomic mass is 35.5. The van der Waals surface area contributed by atoms with Gasteiger partial charge in [-0.2, -0.15) is 0 Å². The monoisotopic (exact) mass is 249 g/mol. The quantitative estimate of drug-likeness (QED) is 0.475. The summed E-state index contributed by atoms with van der Waals surface area (Å²) < 4.78 is 5.33. The smallest absolute Gasteiger partial charge is 0.222 e. The van der Waals surface area contributed by atoms with Crippen LogP contribution in [0.4, 0.5) is 0 Å². The highest BCUT2D eigenvalue weighted by Crippen LogP contribution is 1.94. The zero-order chi connectivity index (χ0) is 12.2. The fraction of sp³-hybridized carbons (Fsp3) is 0.818. The summed E-state index contributed by atoms with van der Waals surface area (Å²) in [6.45, 7) is 4.14. The van der Waals surface area contributed by atoms with Gasteiger partial charge in [0.25, 0.3) is 0 Å². The molecule has 0 aliphatic heterocycles. The molecule has 0 aliphatic carbocycles. The van der Waals surface area contributed by atoms with E-state index in [0.717, 1.165) is 25.9 Å². The first kappa shape index (κ1) is 15.4. The summed E-state index contributed by atoms with van der Waals surface area (Å²) in [6, 6.07) is 0. The molecule has 0 heterocycles. The highest BCUT2D eigenvalue weighted by Gasteiger charge is 2.03. The lowest BCUT2D eigenvalue weighted by Crippen LogP contribution is -2.25. The van der Waals surface area contributed by atoms with E-state index in [1.807, 2.05) is 0 Å². The number of halogens is 1. The van der Waals surface area contributed by atoms with Gasteiger partial charge < -0.3 is 10.1 Å². The Balaban J connectivity index is 3.18. The zero-order valence-electron chi connectivity index (χ0n) is 9.76. The SMILES string of the molecule is CCCCOCCCNC(=O)CCC(=O)Cl. The van der Waals surface area contributed by atoms with Crippen LogP contribution in [0.25, 0.3) is 0 Å². The fourth-order valence-electron chi connectivity index (χ4n) is 1.05. The van der Waals surface area contributed by atoms with Crippen LogP contribution in [0.1, 0.15) is 39.0 Å². The van der Waals surface area contributed by atoms with Gasteiger partial charge in [-0.1, -0.05) is 13.3 Å². The molecule has 0 fully saturated rings. The van der Waals surface area contributed by atoms with E-state index in [0.29, 0.717) is 13.2 Å². The van der Waals surface area contributed by atoms with E-state index < -0.39 is 5.24 Å². The molecular formula is C11H20ClNO3. The van der Waals surface area contributed by atoms with Gasteiger partial charge in [0.15, 0.2) is 0 Å². The zero-order valence-corrected chi connectivity index (χ0v) is 10.5. The molecule has 0 atom stereocenters. The van der Waals surface area contributed by atoms with Crippen LogP contribution in [0.3, 0.4) is 0 Å². The Bertz CT molecular complexity index is 209. The number of amides is 1. The van der Waals surface area contributed by atoms with Crippen molar-refractivity contribution >= 4 is 22.8 Å². The number of unbranched alkanes of at least 4 members (excludes halogenated alkanes) is 1. The van der Waals surface area contributed by atoms with Crippen molar-refractivity contribution in [1.82, 2.24) is 5.32 Å². The Morgan fingerprint density at radius 2 is 1.88 bits per heavy atom. The highest BCUT2D eigenvalue weighted by molar-refractivity contribution is 6.63. The molecule has 4 nitrogen and oxygen atoms in total. The van der Waals surface area contributed by atoms with Crippen LogP contribution in [-0.4, -0.2) is 30.9 Å². The molecule has 0 rings (SSSR count). The number of rotatable bonds is 10. The molecule has 1 N–H and O–H groups in total. The Kier molecular flexibility index (Phi) is 10.5. The van der Waals surface area contributed by atoms with E-state index in [2.05, 4.69) is 12.2 Å². The molecule has 0 radical (unpaired) electrons. The standard InChI is InChI=1S/C11H20ClNO3/c1-2-3-8-16-9-4-7-13-11(15)6-5-10(12)14/h2-9H2,1H3,(H,13,15). The number of nitrogens with one attached hydrogen (secondary N) is 1. The van der Waals surface area contributed by atoms with Gasteiger partial charge in [0.1, 0.15) is 0 Å². The Hall–Kier alpha value is -0.610. The molecular weight excluding hydrogens is 230 g/mol. The minimum absolute atomic E-state index is 0.0976. The molecule has 0 aromatic carbocycles. The molecule has 0 spiro atoms. The third-order valence-electron chi connectivity index (χ3n) is 1.98. The maximum absolute atomic E-state index is 11.1. The molecule has 0 unspecified atom stereocenters. The van der Waals surface area contributed by atoms with E-state index >= 15 is 0 Å². The number of carbonyl (C=O) groups is 2. The molecule has 0 saturated heterocycles. The van der Waals surface area contributed by atoms with Crippen LogP contribution < -0.4 is 5.32 Å². The van der Waals surface area contributed by atoms with Crippen molar-refractivity contribution in [1.29, 1.82) is 0 Å². The van der Waals surface area contributed by atoms with Gasteiger partial charge in [0.2, 0.25) is 11.1 Å². The van der Waals surface area contributed by atoms with Crippen LogP contribution in [0.15, 0.2) is 0 Å². The largest absolute Gasteiger partial charge is 0.381 e. The van der Waals surface area contributed by atoms with E-state index in [-0.39, 0.29) is 18.7 Å². The Morgan fingerprint density at radius 3 is 2.50 bits per heavy atom. The van der Waals surface area contributed by atoms with Gasteiger partial charge in [0.05, 0.1) is 0 Å². The lowest BCUT2D eigenvalue weighted by atomic mass is 10.3. The molecule has 0 aromatic heterocycles. The van der Waals surface area contributed by atoms with Crippen LogP contribution >= 0.6 is 11.6 Å². The molecule has 16 heavy (non-hydrogen) atoms. The molecule has 1 amide bonds. The second-order valence-electron chi connectivity index (χ2n) is 3.52. The molecule has 0 bridgehead atoms. The van der Waals surface area contributed by atoms with Gasteiger partial charge in [0, 0.05) is 32.6 Å². The van der Waals surface area contributed by atoms with Crippen molar-refractivity contribution in [2.45, 2.75) is 39.0 Å². The van der Waals surface area contributed by atoms with Gasteiger partial charge in [-0.15, -0.1) is 0 Å². The average molecular weight is 250 g/mol. The topological polar surface area (TPSA) is 55.4 Å². The third-order valence-corrected chi connectivity index (χ3v) is 2.17. The maximum Gasteiger partial charge on any atom is 0.222 e. The molecule has 94 valence electrons. The normalized spacial score (nSPS) is 10.1. The molecule has 0 saturated carbocycles. The van der Waals surface area contributed by atoms with Crippen molar-refractivity contribution in [2.24, 2.45) is 0 Å². The van der Waals surface area contributed by atoms with Gasteiger partial charge in [-0.3, -0.25) is 9.59 Å². The fourth-order valence-corrected chi connectivity index (χ4v) is 1.15. The number of ether oxygens (including phenoxy) is 1. The molecule has 5 heteroatoms. The van der Waals surface area contributed by atoms with Crippen molar-refractivity contribution in [3.05, 3.63) is 0 Å². The van der Waals surface area contributed by atoms with Gasteiger partial charge >= 0.3 is 0 Å². The first-order chi connectivity index (χ1) is 7.66. The second-order valence-corrected chi connectivity index (χ2v) is 3.95. The maximum atomic E-state index is 11.1. The summed E-state index contributed by atoms with van der Waals surface area (Å²) in [4.78, 5) is 21.5. The minimum Gasteiger partial charge on any atom is -0.381 e. The van der Waals surface area contributed by atoms with Crippen molar-refractivity contribution in [3.63, 3.8) is 0 Å². The minimum atomic E-state index is -0.474. The predicted molar refractivity (Wildman–Crippen MR) is 63.4 cm³/mol. The molecule has 0 aromatic rings. The van der Waals surface area contributed by atoms with Crippen molar-refractivity contribution in [2.75, 3.05) is 19.8 Å².